The Morgan fingerprint density at radius 1 is 1.18 bits per heavy atom. The zero-order valence-corrected chi connectivity index (χ0v) is 9.42. The molecule has 3 heteroatoms. The van der Waals surface area contributed by atoms with Gasteiger partial charge in [0.1, 0.15) is 6.10 Å². The second-order valence-electron chi connectivity index (χ2n) is 4.07. The number of carbonyl (C=O) groups excluding carboxylic acids is 1. The van der Waals surface area contributed by atoms with Crippen LogP contribution in [0.25, 0.3) is 10.8 Å². The monoisotopic (exact) mass is 228 g/mol. The van der Waals surface area contributed by atoms with Crippen LogP contribution in [0.15, 0.2) is 42.5 Å². The zero-order valence-electron chi connectivity index (χ0n) is 9.42. The third-order valence-corrected chi connectivity index (χ3v) is 3.05. The van der Waals surface area contributed by atoms with Crippen LogP contribution in [0.4, 0.5) is 0 Å². The van der Waals surface area contributed by atoms with E-state index in [0.717, 1.165) is 16.3 Å². The van der Waals surface area contributed by atoms with Crippen molar-refractivity contribution in [3.8, 4) is 0 Å². The van der Waals surface area contributed by atoms with Crippen LogP contribution in [0.3, 0.4) is 0 Å². The lowest BCUT2D eigenvalue weighted by molar-refractivity contribution is -0.142. The highest BCUT2D eigenvalue weighted by molar-refractivity contribution is 5.88. The molecule has 0 aliphatic carbocycles. The molecule has 3 nitrogen and oxygen atoms in total. The number of fused-ring (bicyclic) bond motifs is 1. The first-order chi connectivity index (χ1) is 8.31. The van der Waals surface area contributed by atoms with E-state index in [1.807, 2.05) is 42.5 Å². The summed E-state index contributed by atoms with van der Waals surface area (Å²) in [5.74, 6) is -0.303. The maximum Gasteiger partial charge on any atom is 0.338 e. The van der Waals surface area contributed by atoms with Crippen LogP contribution in [0, 0.1) is 0 Å². The molecular formula is C14H12O3. The maximum atomic E-state index is 11.3. The van der Waals surface area contributed by atoms with Crippen LogP contribution < -0.4 is 0 Å². The summed E-state index contributed by atoms with van der Waals surface area (Å²) in [6.07, 6.45) is -0.598. The van der Waals surface area contributed by atoms with Gasteiger partial charge >= 0.3 is 5.97 Å². The van der Waals surface area contributed by atoms with E-state index in [1.165, 1.54) is 7.11 Å². The summed E-state index contributed by atoms with van der Waals surface area (Å²) in [6, 6.07) is 14.1. The lowest BCUT2D eigenvalue weighted by atomic mass is 10.0. The molecule has 1 aliphatic heterocycles. The Morgan fingerprint density at radius 2 is 1.94 bits per heavy atom. The van der Waals surface area contributed by atoms with E-state index >= 15 is 0 Å². The number of methoxy groups -OCH3 is 1. The van der Waals surface area contributed by atoms with Gasteiger partial charge in [-0.1, -0.05) is 42.5 Å². The van der Waals surface area contributed by atoms with Gasteiger partial charge in [0, 0.05) is 0 Å². The van der Waals surface area contributed by atoms with Crippen LogP contribution in [-0.2, 0) is 14.3 Å². The fourth-order valence-corrected chi connectivity index (χ4v) is 2.14. The van der Waals surface area contributed by atoms with Crippen LogP contribution in [-0.4, -0.2) is 19.2 Å². The van der Waals surface area contributed by atoms with Gasteiger partial charge in [0.2, 0.25) is 0 Å². The molecule has 0 N–H and O–H groups in total. The van der Waals surface area contributed by atoms with Crippen molar-refractivity contribution in [2.45, 2.75) is 12.2 Å². The van der Waals surface area contributed by atoms with E-state index in [-0.39, 0.29) is 12.1 Å². The molecule has 2 unspecified atom stereocenters. The van der Waals surface area contributed by atoms with Gasteiger partial charge in [-0.25, -0.2) is 4.79 Å². The highest BCUT2D eigenvalue weighted by atomic mass is 16.6. The molecule has 2 atom stereocenters. The Bertz CT molecular complexity index is 571. The SMILES string of the molecule is COC(=O)C1OC1c1cccc2ccccc12. The first-order valence-corrected chi connectivity index (χ1v) is 5.52. The molecule has 17 heavy (non-hydrogen) atoms. The average molecular weight is 228 g/mol. The van der Waals surface area contributed by atoms with E-state index in [0.29, 0.717) is 0 Å². The highest BCUT2D eigenvalue weighted by Gasteiger charge is 2.47. The molecule has 1 heterocycles. The molecule has 2 aromatic carbocycles. The first kappa shape index (κ1) is 10.3. The van der Waals surface area contributed by atoms with Crippen molar-refractivity contribution in [2.75, 3.05) is 7.11 Å². The van der Waals surface area contributed by atoms with Crippen LogP contribution in [0.2, 0.25) is 0 Å². The molecule has 0 aromatic heterocycles. The number of epoxide rings is 1. The average Bonchev–Trinajstić information content (AvgIpc) is 3.17. The van der Waals surface area contributed by atoms with Crippen molar-refractivity contribution in [1.82, 2.24) is 0 Å². The van der Waals surface area contributed by atoms with Crippen molar-refractivity contribution in [2.24, 2.45) is 0 Å². The Morgan fingerprint density at radius 3 is 2.76 bits per heavy atom. The zero-order chi connectivity index (χ0) is 11.8. The summed E-state index contributed by atoms with van der Waals surface area (Å²) in [4.78, 5) is 11.3. The number of benzene rings is 2. The Balaban J connectivity index is 2.00. The Labute approximate surface area is 99.0 Å². The van der Waals surface area contributed by atoms with E-state index in [9.17, 15) is 4.79 Å². The summed E-state index contributed by atoms with van der Waals surface area (Å²) >= 11 is 0. The van der Waals surface area contributed by atoms with Crippen LogP contribution in [0.1, 0.15) is 11.7 Å². The summed E-state index contributed by atoms with van der Waals surface area (Å²) in [5.41, 5.74) is 1.05. The summed E-state index contributed by atoms with van der Waals surface area (Å²) in [7, 11) is 1.38. The minimum Gasteiger partial charge on any atom is -0.467 e. The number of esters is 1. The second kappa shape index (κ2) is 3.86. The maximum absolute atomic E-state index is 11.3. The van der Waals surface area contributed by atoms with Gasteiger partial charge in [0.05, 0.1) is 7.11 Å². The van der Waals surface area contributed by atoms with Gasteiger partial charge in [0.15, 0.2) is 6.10 Å². The number of hydrogen-bond donors (Lipinski definition) is 0. The number of hydrogen-bond acceptors (Lipinski definition) is 3. The lowest BCUT2D eigenvalue weighted by Gasteiger charge is -2.03. The number of rotatable bonds is 2. The second-order valence-corrected chi connectivity index (χ2v) is 4.07. The summed E-state index contributed by atoms with van der Waals surface area (Å²) in [6.45, 7) is 0. The van der Waals surface area contributed by atoms with E-state index in [2.05, 4.69) is 4.74 Å². The third-order valence-electron chi connectivity index (χ3n) is 3.05. The van der Waals surface area contributed by atoms with E-state index in [4.69, 9.17) is 4.74 Å². The van der Waals surface area contributed by atoms with Gasteiger partial charge in [0.25, 0.3) is 0 Å². The Hall–Kier alpha value is -1.87. The van der Waals surface area contributed by atoms with Gasteiger partial charge in [-0.05, 0) is 16.3 Å². The predicted molar refractivity (Wildman–Crippen MR) is 63.6 cm³/mol. The fourth-order valence-electron chi connectivity index (χ4n) is 2.14. The molecule has 0 bridgehead atoms. The van der Waals surface area contributed by atoms with E-state index in [1.54, 1.807) is 0 Å². The predicted octanol–water partition coefficient (Wildman–Crippen LogP) is 2.45. The molecule has 0 radical (unpaired) electrons. The van der Waals surface area contributed by atoms with Crippen molar-refractivity contribution < 1.29 is 14.3 Å². The lowest BCUT2D eigenvalue weighted by Crippen LogP contribution is -2.09. The highest BCUT2D eigenvalue weighted by Crippen LogP contribution is 2.42. The van der Waals surface area contributed by atoms with Crippen LogP contribution >= 0.6 is 0 Å². The summed E-state index contributed by atoms with van der Waals surface area (Å²) < 4.78 is 10.1. The fraction of sp³-hybridized carbons (Fsp3) is 0.214. The molecular weight excluding hydrogens is 216 g/mol. The minimum absolute atomic E-state index is 0.159. The van der Waals surface area contributed by atoms with Crippen LogP contribution in [0.5, 0.6) is 0 Å². The van der Waals surface area contributed by atoms with Gasteiger partial charge in [-0.3, -0.25) is 0 Å². The van der Waals surface area contributed by atoms with Gasteiger partial charge < -0.3 is 9.47 Å². The van der Waals surface area contributed by atoms with E-state index < -0.39 is 6.10 Å². The number of ether oxygens (including phenoxy) is 2. The molecule has 0 spiro atoms. The topological polar surface area (TPSA) is 38.8 Å². The first-order valence-electron chi connectivity index (χ1n) is 5.52. The van der Waals surface area contributed by atoms with Crippen molar-refractivity contribution in [1.29, 1.82) is 0 Å². The molecule has 0 saturated carbocycles. The largest absolute Gasteiger partial charge is 0.467 e. The van der Waals surface area contributed by atoms with Crippen molar-refractivity contribution in [3.05, 3.63) is 48.0 Å². The standard InChI is InChI=1S/C14H12O3/c1-16-14(15)13-12(17-13)11-8-4-6-9-5-2-3-7-10(9)11/h2-8,12-13H,1H3. The van der Waals surface area contributed by atoms with Crippen molar-refractivity contribution >= 4 is 16.7 Å². The smallest absolute Gasteiger partial charge is 0.338 e. The quantitative estimate of drug-likeness (QED) is 0.585. The number of carbonyl (C=O) groups is 1. The van der Waals surface area contributed by atoms with Gasteiger partial charge in [-0.2, -0.15) is 0 Å². The molecule has 0 amide bonds. The molecule has 1 aliphatic rings. The third kappa shape index (κ3) is 1.68. The molecule has 3 rings (SSSR count). The van der Waals surface area contributed by atoms with Gasteiger partial charge in [-0.15, -0.1) is 0 Å². The summed E-state index contributed by atoms with van der Waals surface area (Å²) in [5, 5.41) is 2.29. The Kier molecular flexibility index (Phi) is 2.34. The minimum atomic E-state index is -0.439. The molecule has 2 aromatic rings. The normalized spacial score (nSPS) is 22.4. The molecule has 86 valence electrons. The molecule has 1 saturated heterocycles. The van der Waals surface area contributed by atoms with Crippen molar-refractivity contribution in [3.63, 3.8) is 0 Å². The molecule has 1 fully saturated rings.